The number of methoxy groups -OCH3 is 1. The Balaban J connectivity index is 1.82. The molecule has 0 bridgehead atoms. The van der Waals surface area contributed by atoms with Crippen molar-refractivity contribution in [1.82, 2.24) is 10.5 Å². The molecule has 0 fully saturated rings. The molecule has 0 spiro atoms. The molecule has 2 aromatic carbocycles. The van der Waals surface area contributed by atoms with Gasteiger partial charge >= 0.3 is 12.0 Å². The van der Waals surface area contributed by atoms with Crippen LogP contribution in [0.3, 0.4) is 0 Å². The molecule has 3 rings (SSSR count). The van der Waals surface area contributed by atoms with E-state index in [0.29, 0.717) is 17.0 Å². The fourth-order valence-electron chi connectivity index (χ4n) is 2.70. The molecule has 0 radical (unpaired) electrons. The highest BCUT2D eigenvalue weighted by molar-refractivity contribution is 5.96. The van der Waals surface area contributed by atoms with Crippen molar-refractivity contribution < 1.29 is 24.0 Å². The smallest absolute Gasteiger partial charge is 0.341 e. The van der Waals surface area contributed by atoms with E-state index in [4.69, 9.17) is 9.26 Å². The van der Waals surface area contributed by atoms with Gasteiger partial charge in [0.15, 0.2) is 5.76 Å². The number of nitrogens with zero attached hydrogens (tertiary/aromatic N) is 1. The predicted octanol–water partition coefficient (Wildman–Crippen LogP) is 3.93. The van der Waals surface area contributed by atoms with Gasteiger partial charge in [-0.25, -0.2) is 9.59 Å². The third kappa shape index (κ3) is 4.12. The van der Waals surface area contributed by atoms with E-state index in [1.807, 2.05) is 6.07 Å². The molecule has 3 aromatic rings. The molecule has 1 unspecified atom stereocenters. The molecule has 3 N–H and O–H groups in total. The van der Waals surface area contributed by atoms with E-state index in [0.717, 1.165) is 0 Å². The van der Waals surface area contributed by atoms with Gasteiger partial charge in [0, 0.05) is 11.3 Å². The Morgan fingerprint density at radius 1 is 1.11 bits per heavy atom. The van der Waals surface area contributed by atoms with Crippen molar-refractivity contribution in [3.05, 3.63) is 65.9 Å². The van der Waals surface area contributed by atoms with Gasteiger partial charge in [-0.3, -0.25) is 0 Å². The highest BCUT2D eigenvalue weighted by atomic mass is 16.5. The summed E-state index contributed by atoms with van der Waals surface area (Å²) in [4.78, 5) is 24.0. The number of aromatic nitrogens is 1. The number of aromatic carboxylic acids is 1. The van der Waals surface area contributed by atoms with E-state index in [1.165, 1.54) is 0 Å². The van der Waals surface area contributed by atoms with Crippen LogP contribution in [-0.2, 0) is 0 Å². The van der Waals surface area contributed by atoms with Crippen LogP contribution in [0.1, 0.15) is 29.1 Å². The molecule has 0 saturated heterocycles. The lowest BCUT2D eigenvalue weighted by atomic mass is 10.0. The van der Waals surface area contributed by atoms with Crippen molar-refractivity contribution in [2.75, 3.05) is 12.4 Å². The molecule has 8 nitrogen and oxygen atoms in total. The largest absolute Gasteiger partial charge is 0.497 e. The summed E-state index contributed by atoms with van der Waals surface area (Å²) in [5.41, 5.74) is 1.26. The standard InChI is InChI=1S/C20H19N3O5/c1-12(21-20(26)22-14-6-4-3-5-7-14)18-16(19(24)25)17(23-28-18)13-8-10-15(27-2)11-9-13/h3-12H,1-2H3,(H,24,25)(H2,21,22,26). The van der Waals surface area contributed by atoms with Crippen LogP contribution < -0.4 is 15.4 Å². The second-order valence-electron chi connectivity index (χ2n) is 5.99. The zero-order valence-electron chi connectivity index (χ0n) is 15.3. The van der Waals surface area contributed by atoms with Gasteiger partial charge in [-0.15, -0.1) is 0 Å². The first-order valence-corrected chi connectivity index (χ1v) is 8.49. The SMILES string of the molecule is COc1ccc(-c2noc(C(C)NC(=O)Nc3ccccc3)c2C(=O)O)cc1. The topological polar surface area (TPSA) is 114 Å². The quantitative estimate of drug-likeness (QED) is 0.596. The summed E-state index contributed by atoms with van der Waals surface area (Å²) in [6, 6.07) is 14.5. The molecular formula is C20H19N3O5. The lowest BCUT2D eigenvalue weighted by molar-refractivity contribution is 0.0694. The number of nitrogens with one attached hydrogen (secondary N) is 2. The normalized spacial score (nSPS) is 11.5. The van der Waals surface area contributed by atoms with Crippen LogP contribution in [-0.4, -0.2) is 29.4 Å². The molecule has 0 saturated carbocycles. The van der Waals surface area contributed by atoms with Crippen LogP contribution in [0.2, 0.25) is 0 Å². The third-order valence-corrected chi connectivity index (χ3v) is 4.07. The van der Waals surface area contributed by atoms with Gasteiger partial charge in [0.05, 0.1) is 13.2 Å². The van der Waals surface area contributed by atoms with Crippen LogP contribution in [0.4, 0.5) is 10.5 Å². The lowest BCUT2D eigenvalue weighted by Crippen LogP contribution is -2.31. The maximum atomic E-state index is 12.2. The average Bonchev–Trinajstić information content (AvgIpc) is 3.14. The monoisotopic (exact) mass is 381 g/mol. The summed E-state index contributed by atoms with van der Waals surface area (Å²) in [5.74, 6) is -0.502. The molecule has 0 aliphatic rings. The number of urea groups is 1. The summed E-state index contributed by atoms with van der Waals surface area (Å²) >= 11 is 0. The molecule has 0 aliphatic carbocycles. The van der Waals surface area contributed by atoms with Gasteiger partial charge in [0.1, 0.15) is 17.0 Å². The Morgan fingerprint density at radius 2 is 1.79 bits per heavy atom. The summed E-state index contributed by atoms with van der Waals surface area (Å²) in [6.45, 7) is 1.62. The first-order chi connectivity index (χ1) is 13.5. The minimum atomic E-state index is -1.20. The Labute approximate surface area is 161 Å². The number of carbonyl (C=O) groups excluding carboxylic acids is 1. The molecule has 28 heavy (non-hydrogen) atoms. The molecular weight excluding hydrogens is 362 g/mol. The molecule has 8 heteroatoms. The number of benzene rings is 2. The van der Waals surface area contributed by atoms with Crippen LogP contribution in [0.5, 0.6) is 5.75 Å². The van der Waals surface area contributed by atoms with Gasteiger partial charge in [-0.1, -0.05) is 23.4 Å². The highest BCUT2D eigenvalue weighted by Crippen LogP contribution is 2.30. The van der Waals surface area contributed by atoms with Crippen molar-refractivity contribution in [3.8, 4) is 17.0 Å². The van der Waals surface area contributed by atoms with Crippen molar-refractivity contribution in [1.29, 1.82) is 0 Å². The van der Waals surface area contributed by atoms with E-state index in [1.54, 1.807) is 62.6 Å². The van der Waals surface area contributed by atoms with Gasteiger partial charge in [0.2, 0.25) is 0 Å². The molecule has 1 heterocycles. The number of carboxylic acids is 1. The number of hydrogen-bond donors (Lipinski definition) is 3. The Bertz CT molecular complexity index is 967. The third-order valence-electron chi connectivity index (χ3n) is 4.07. The fraction of sp³-hybridized carbons (Fsp3) is 0.150. The molecule has 0 aliphatic heterocycles. The number of rotatable bonds is 6. The molecule has 144 valence electrons. The first-order valence-electron chi connectivity index (χ1n) is 8.49. The predicted molar refractivity (Wildman–Crippen MR) is 102 cm³/mol. The van der Waals surface area contributed by atoms with Crippen molar-refractivity contribution >= 4 is 17.7 Å². The maximum absolute atomic E-state index is 12.2. The molecule has 2 amide bonds. The van der Waals surface area contributed by atoms with Gasteiger partial charge in [-0.05, 0) is 43.3 Å². The van der Waals surface area contributed by atoms with Gasteiger partial charge in [-0.2, -0.15) is 0 Å². The van der Waals surface area contributed by atoms with Crippen LogP contribution in [0.15, 0.2) is 59.1 Å². The summed E-state index contributed by atoms with van der Waals surface area (Å²) in [6.07, 6.45) is 0. The summed E-state index contributed by atoms with van der Waals surface area (Å²) < 4.78 is 10.4. The number of hydrogen-bond acceptors (Lipinski definition) is 5. The van der Waals surface area contributed by atoms with Gasteiger partial charge < -0.3 is 25.0 Å². The minimum Gasteiger partial charge on any atom is -0.497 e. The lowest BCUT2D eigenvalue weighted by Gasteiger charge is -2.13. The zero-order valence-corrected chi connectivity index (χ0v) is 15.3. The zero-order chi connectivity index (χ0) is 20.1. The van der Waals surface area contributed by atoms with E-state index in [9.17, 15) is 14.7 Å². The fourth-order valence-corrected chi connectivity index (χ4v) is 2.70. The number of para-hydroxylation sites is 1. The first kappa shape index (κ1) is 19.0. The Morgan fingerprint density at radius 3 is 2.39 bits per heavy atom. The Kier molecular flexibility index (Phi) is 5.59. The Hall–Kier alpha value is -3.81. The van der Waals surface area contributed by atoms with E-state index >= 15 is 0 Å². The average molecular weight is 381 g/mol. The van der Waals surface area contributed by atoms with E-state index in [2.05, 4.69) is 15.8 Å². The summed E-state index contributed by atoms with van der Waals surface area (Å²) in [7, 11) is 1.54. The minimum absolute atomic E-state index is 0.0570. The van der Waals surface area contributed by atoms with Gasteiger partial charge in [0.25, 0.3) is 0 Å². The number of anilines is 1. The second-order valence-corrected chi connectivity index (χ2v) is 5.99. The van der Waals surface area contributed by atoms with Crippen molar-refractivity contribution in [2.45, 2.75) is 13.0 Å². The number of amides is 2. The maximum Gasteiger partial charge on any atom is 0.341 e. The second kappa shape index (κ2) is 8.26. The number of carboxylic acid groups (broad SMARTS) is 1. The van der Waals surface area contributed by atoms with Crippen LogP contribution in [0.25, 0.3) is 11.3 Å². The number of carbonyl (C=O) groups is 2. The molecule has 1 atom stereocenters. The van der Waals surface area contributed by atoms with Crippen LogP contribution in [0, 0.1) is 0 Å². The van der Waals surface area contributed by atoms with Crippen LogP contribution >= 0.6 is 0 Å². The van der Waals surface area contributed by atoms with Crippen molar-refractivity contribution in [2.24, 2.45) is 0 Å². The number of ether oxygens (including phenoxy) is 1. The van der Waals surface area contributed by atoms with E-state index < -0.39 is 18.0 Å². The van der Waals surface area contributed by atoms with E-state index in [-0.39, 0.29) is 17.0 Å². The summed E-state index contributed by atoms with van der Waals surface area (Å²) in [5, 5.41) is 18.9. The highest BCUT2D eigenvalue weighted by Gasteiger charge is 2.28. The molecule has 1 aromatic heterocycles. The van der Waals surface area contributed by atoms with Crippen molar-refractivity contribution in [3.63, 3.8) is 0 Å².